The van der Waals surface area contributed by atoms with E-state index in [1.807, 2.05) is 91.3 Å². The molecule has 6 nitrogen and oxygen atoms in total. The van der Waals surface area contributed by atoms with Crippen molar-refractivity contribution >= 4 is 43.7 Å². The lowest BCUT2D eigenvalue weighted by Gasteiger charge is -2.10. The minimum absolute atomic E-state index is 0.571. The van der Waals surface area contributed by atoms with E-state index in [2.05, 4.69) is 82.3 Å². The zero-order valence-electron chi connectivity index (χ0n) is 26.7. The van der Waals surface area contributed by atoms with E-state index in [0.29, 0.717) is 17.5 Å². The number of pyridine rings is 1. The Bertz CT molecular complexity index is 2790. The minimum Gasteiger partial charge on any atom is -0.455 e. The van der Waals surface area contributed by atoms with E-state index in [1.165, 1.54) is 0 Å². The van der Waals surface area contributed by atoms with Gasteiger partial charge in [-0.05, 0) is 65.7 Å². The monoisotopic (exact) mass is 641 g/mol. The van der Waals surface area contributed by atoms with E-state index in [1.54, 1.807) is 0 Å². The second kappa shape index (κ2) is 11.4. The Morgan fingerprint density at radius 3 is 1.72 bits per heavy atom. The van der Waals surface area contributed by atoms with E-state index in [9.17, 15) is 0 Å². The lowest BCUT2D eigenvalue weighted by Crippen LogP contribution is -2.00. The van der Waals surface area contributed by atoms with Gasteiger partial charge in [0, 0.05) is 50.9 Å². The van der Waals surface area contributed by atoms with Gasteiger partial charge in [0.25, 0.3) is 0 Å². The lowest BCUT2D eigenvalue weighted by molar-refractivity contribution is 0.673. The second-order valence-corrected chi connectivity index (χ2v) is 12.3. The number of aromatic nitrogens is 5. The van der Waals surface area contributed by atoms with E-state index >= 15 is 0 Å². The molecule has 0 saturated carbocycles. The number of fused-ring (bicyclic) bond motifs is 7. The molecule has 6 aromatic carbocycles. The zero-order valence-corrected chi connectivity index (χ0v) is 26.7. The first kappa shape index (κ1) is 28.1. The SMILES string of the molecule is c1ccc(-c2nc(-c3ccccc3)nc(-c3cc(-c4ccncc4)c4c(c3)oc3c4ccc4c3c3ccccc3n4-c3ccccc3)n2)cc1. The molecule has 0 fully saturated rings. The Balaban J connectivity index is 1.28. The summed E-state index contributed by atoms with van der Waals surface area (Å²) in [6.07, 6.45) is 3.65. The quantitative estimate of drug-likeness (QED) is 0.187. The fraction of sp³-hybridized carbons (Fsp3) is 0. The topological polar surface area (TPSA) is 69.6 Å². The smallest absolute Gasteiger partial charge is 0.164 e. The van der Waals surface area contributed by atoms with Crippen LogP contribution < -0.4 is 0 Å². The number of hydrogen-bond acceptors (Lipinski definition) is 5. The van der Waals surface area contributed by atoms with Crippen LogP contribution in [0.3, 0.4) is 0 Å². The van der Waals surface area contributed by atoms with Crippen LogP contribution >= 0.6 is 0 Å². The Morgan fingerprint density at radius 2 is 1.04 bits per heavy atom. The molecule has 0 saturated heterocycles. The summed E-state index contributed by atoms with van der Waals surface area (Å²) in [4.78, 5) is 19.3. The van der Waals surface area contributed by atoms with Gasteiger partial charge in [-0.2, -0.15) is 0 Å². The Kier molecular flexibility index (Phi) is 6.39. The first-order valence-corrected chi connectivity index (χ1v) is 16.6. The van der Waals surface area contributed by atoms with Gasteiger partial charge in [-0.3, -0.25) is 4.98 Å². The van der Waals surface area contributed by atoms with Gasteiger partial charge in [0.15, 0.2) is 17.5 Å². The summed E-state index contributed by atoms with van der Waals surface area (Å²) < 4.78 is 9.29. The van der Waals surface area contributed by atoms with Gasteiger partial charge in [0.1, 0.15) is 11.2 Å². The van der Waals surface area contributed by atoms with Gasteiger partial charge in [0.2, 0.25) is 0 Å². The van der Waals surface area contributed by atoms with Crippen molar-refractivity contribution < 1.29 is 4.42 Å². The van der Waals surface area contributed by atoms with Crippen LogP contribution in [-0.4, -0.2) is 24.5 Å². The minimum atomic E-state index is 0.571. The summed E-state index contributed by atoms with van der Waals surface area (Å²) in [5, 5.41) is 4.30. The molecule has 0 amide bonds. The number of nitrogens with zero attached hydrogens (tertiary/aromatic N) is 5. The second-order valence-electron chi connectivity index (χ2n) is 12.3. The Labute approximate surface area is 287 Å². The molecule has 0 aliphatic heterocycles. The molecular formula is C44H27N5O. The van der Waals surface area contributed by atoms with Gasteiger partial charge in [0.05, 0.1) is 16.4 Å². The highest BCUT2D eigenvalue weighted by Crippen LogP contribution is 2.44. The molecule has 10 aromatic rings. The summed E-state index contributed by atoms with van der Waals surface area (Å²) in [6, 6.07) is 51.8. The normalized spacial score (nSPS) is 11.6. The maximum absolute atomic E-state index is 6.98. The van der Waals surface area contributed by atoms with Crippen molar-refractivity contribution in [3.63, 3.8) is 0 Å². The molecule has 0 radical (unpaired) electrons. The highest BCUT2D eigenvalue weighted by atomic mass is 16.3. The highest BCUT2D eigenvalue weighted by Gasteiger charge is 2.22. The maximum Gasteiger partial charge on any atom is 0.164 e. The molecule has 6 heteroatoms. The third kappa shape index (κ3) is 4.50. The van der Waals surface area contributed by atoms with E-state index in [4.69, 9.17) is 19.4 Å². The summed E-state index contributed by atoms with van der Waals surface area (Å²) in [6.45, 7) is 0. The molecule has 4 heterocycles. The van der Waals surface area contributed by atoms with Crippen LogP contribution in [0.2, 0.25) is 0 Å². The van der Waals surface area contributed by atoms with E-state index < -0.39 is 0 Å². The fourth-order valence-corrected chi connectivity index (χ4v) is 7.10. The highest BCUT2D eigenvalue weighted by molar-refractivity contribution is 6.26. The Hall–Kier alpha value is -6.92. The standard InChI is InChI=1S/C44H27N5O/c1-4-12-29(13-5-1)42-46-43(30-14-6-2-7-15-30)48-44(47-42)31-26-35(28-22-24-45-25-23-28)39-34-20-21-37-40(41(34)50-38(39)27-31)33-18-10-11-19-36(33)49(37)32-16-8-3-9-17-32/h1-27H. The molecule has 4 aromatic heterocycles. The summed E-state index contributed by atoms with van der Waals surface area (Å²) in [7, 11) is 0. The predicted molar refractivity (Wildman–Crippen MR) is 201 cm³/mol. The molecule has 0 unspecified atom stereocenters. The van der Waals surface area contributed by atoms with Crippen molar-refractivity contribution in [2.24, 2.45) is 0 Å². The number of benzene rings is 6. The van der Waals surface area contributed by atoms with Crippen LogP contribution in [0, 0.1) is 0 Å². The van der Waals surface area contributed by atoms with Gasteiger partial charge in [-0.15, -0.1) is 0 Å². The van der Waals surface area contributed by atoms with Gasteiger partial charge in [-0.25, -0.2) is 15.0 Å². The van der Waals surface area contributed by atoms with E-state index in [-0.39, 0.29) is 0 Å². The molecule has 10 rings (SSSR count). The molecule has 50 heavy (non-hydrogen) atoms. The third-order valence-electron chi connectivity index (χ3n) is 9.34. The molecule has 0 bridgehead atoms. The van der Waals surface area contributed by atoms with Gasteiger partial charge < -0.3 is 8.98 Å². The van der Waals surface area contributed by atoms with Crippen LogP contribution in [0.5, 0.6) is 0 Å². The van der Waals surface area contributed by atoms with Crippen molar-refractivity contribution in [1.82, 2.24) is 24.5 Å². The van der Waals surface area contributed by atoms with Crippen molar-refractivity contribution in [2.45, 2.75) is 0 Å². The zero-order chi connectivity index (χ0) is 33.0. The summed E-state index contributed by atoms with van der Waals surface area (Å²) in [5.74, 6) is 1.79. The van der Waals surface area contributed by atoms with Crippen LogP contribution in [0.25, 0.3) is 94.7 Å². The van der Waals surface area contributed by atoms with E-state index in [0.717, 1.165) is 77.2 Å². The largest absolute Gasteiger partial charge is 0.455 e. The summed E-state index contributed by atoms with van der Waals surface area (Å²) in [5.41, 5.74) is 9.66. The van der Waals surface area contributed by atoms with Crippen molar-refractivity contribution in [3.8, 4) is 51.0 Å². The van der Waals surface area contributed by atoms with Crippen molar-refractivity contribution in [2.75, 3.05) is 0 Å². The molecule has 234 valence electrons. The molecule has 0 aliphatic carbocycles. The molecule has 0 atom stereocenters. The van der Waals surface area contributed by atoms with Crippen molar-refractivity contribution in [3.05, 3.63) is 164 Å². The number of hydrogen-bond donors (Lipinski definition) is 0. The van der Waals surface area contributed by atoms with Gasteiger partial charge >= 0.3 is 0 Å². The van der Waals surface area contributed by atoms with Crippen LogP contribution in [0.1, 0.15) is 0 Å². The average molecular weight is 642 g/mol. The molecule has 0 spiro atoms. The molecule has 0 N–H and O–H groups in total. The maximum atomic E-state index is 6.98. The first-order valence-electron chi connectivity index (χ1n) is 16.6. The number of para-hydroxylation sites is 2. The first-order chi connectivity index (χ1) is 24.8. The molecular weight excluding hydrogens is 615 g/mol. The average Bonchev–Trinajstić information content (AvgIpc) is 3.74. The fourth-order valence-electron chi connectivity index (χ4n) is 7.10. The Morgan fingerprint density at radius 1 is 0.440 bits per heavy atom. The van der Waals surface area contributed by atoms with Crippen LogP contribution in [0.4, 0.5) is 0 Å². The number of furan rings is 1. The van der Waals surface area contributed by atoms with Crippen LogP contribution in [0.15, 0.2) is 168 Å². The predicted octanol–water partition coefficient (Wildman–Crippen LogP) is 10.9. The molecule has 0 aliphatic rings. The van der Waals surface area contributed by atoms with Crippen molar-refractivity contribution in [1.29, 1.82) is 0 Å². The number of rotatable bonds is 5. The lowest BCUT2D eigenvalue weighted by atomic mass is 9.97. The third-order valence-corrected chi connectivity index (χ3v) is 9.34. The van der Waals surface area contributed by atoms with Gasteiger partial charge in [-0.1, -0.05) is 97.1 Å². The summed E-state index contributed by atoms with van der Waals surface area (Å²) >= 11 is 0. The van der Waals surface area contributed by atoms with Crippen LogP contribution in [-0.2, 0) is 0 Å².